The van der Waals surface area contributed by atoms with Crippen molar-refractivity contribution in [2.24, 2.45) is 11.5 Å². The normalized spacial score (nSPS) is 20.6. The molecule has 2 aliphatic rings. The molecule has 50 heavy (non-hydrogen) atoms. The van der Waals surface area contributed by atoms with E-state index in [0.29, 0.717) is 37.3 Å². The monoisotopic (exact) mass is 684 g/mol. The van der Waals surface area contributed by atoms with Crippen LogP contribution in [0.3, 0.4) is 0 Å². The van der Waals surface area contributed by atoms with Crippen molar-refractivity contribution < 1.29 is 33.8 Å². The van der Waals surface area contributed by atoms with Gasteiger partial charge in [0.1, 0.15) is 36.2 Å². The molecule has 0 spiro atoms. The zero-order valence-corrected chi connectivity index (χ0v) is 27.8. The number of rotatable bonds is 11. The van der Waals surface area contributed by atoms with Crippen molar-refractivity contribution in [1.29, 1.82) is 0 Å². The van der Waals surface area contributed by atoms with Gasteiger partial charge in [-0.3, -0.25) is 28.9 Å². The summed E-state index contributed by atoms with van der Waals surface area (Å²) in [5.74, 6) is -2.62. The summed E-state index contributed by atoms with van der Waals surface area (Å²) in [4.78, 5) is 71.5. The maximum Gasteiger partial charge on any atom is 0.249 e. The predicted octanol–water partition coefficient (Wildman–Crippen LogP) is 1.15. The molecule has 2 aliphatic heterocycles. The van der Waals surface area contributed by atoms with E-state index in [1.54, 1.807) is 36.4 Å². The molecule has 5 amide bonds. The molecule has 13 nitrogen and oxygen atoms in total. The highest BCUT2D eigenvalue weighted by Crippen LogP contribution is 2.23. The third kappa shape index (κ3) is 9.04. The van der Waals surface area contributed by atoms with Crippen LogP contribution in [0.2, 0.25) is 0 Å². The predicted molar refractivity (Wildman–Crippen MR) is 184 cm³/mol. The van der Waals surface area contributed by atoms with E-state index in [4.69, 9.17) is 16.2 Å². The minimum absolute atomic E-state index is 0.0143. The fraction of sp³-hybridized carbons (Fsp3) is 0.378. The average Bonchev–Trinajstić information content (AvgIpc) is 3.62. The molecule has 7 N–H and O–H groups in total. The Morgan fingerprint density at radius 1 is 0.920 bits per heavy atom. The third-order valence-electron chi connectivity index (χ3n) is 8.99. The van der Waals surface area contributed by atoms with Crippen molar-refractivity contribution in [2.75, 3.05) is 19.6 Å². The van der Waals surface area contributed by atoms with Crippen molar-refractivity contribution in [1.82, 2.24) is 20.4 Å². The van der Waals surface area contributed by atoms with Crippen molar-refractivity contribution in [3.63, 3.8) is 0 Å². The molecule has 0 aliphatic carbocycles. The number of imide groups is 1. The summed E-state index contributed by atoms with van der Waals surface area (Å²) in [6.45, 7) is 0.305. The molecule has 3 aromatic rings. The third-order valence-corrected chi connectivity index (χ3v) is 8.99. The summed E-state index contributed by atoms with van der Waals surface area (Å²) in [5, 5.41) is 15.1. The van der Waals surface area contributed by atoms with E-state index >= 15 is 0 Å². The van der Waals surface area contributed by atoms with Crippen LogP contribution in [0.5, 0.6) is 11.5 Å². The molecule has 0 unspecified atom stereocenters. The lowest BCUT2D eigenvalue weighted by Gasteiger charge is -2.35. The van der Waals surface area contributed by atoms with E-state index in [1.807, 2.05) is 30.3 Å². The van der Waals surface area contributed by atoms with Crippen molar-refractivity contribution >= 4 is 29.5 Å². The maximum absolute atomic E-state index is 14.1. The number of benzene rings is 3. The maximum atomic E-state index is 14.1. The van der Waals surface area contributed by atoms with Crippen LogP contribution < -0.4 is 26.8 Å². The lowest BCUT2D eigenvalue weighted by molar-refractivity contribution is -0.154. The van der Waals surface area contributed by atoms with Gasteiger partial charge in [-0.05, 0) is 79.6 Å². The van der Waals surface area contributed by atoms with Crippen LogP contribution in [0.4, 0.5) is 0 Å². The van der Waals surface area contributed by atoms with Gasteiger partial charge < -0.3 is 36.8 Å². The first-order valence-electron chi connectivity index (χ1n) is 16.9. The van der Waals surface area contributed by atoms with Gasteiger partial charge in [-0.25, -0.2) is 0 Å². The number of nitrogens with one attached hydrogen (secondary N) is 2. The zero-order chi connectivity index (χ0) is 35.6. The molecule has 5 rings (SSSR count). The first-order chi connectivity index (χ1) is 24.1. The lowest BCUT2D eigenvalue weighted by Crippen LogP contribution is -2.63. The molecule has 2 saturated heterocycles. The van der Waals surface area contributed by atoms with Crippen LogP contribution in [-0.4, -0.2) is 88.2 Å². The second-order valence-electron chi connectivity index (χ2n) is 12.6. The van der Waals surface area contributed by atoms with Gasteiger partial charge in [0, 0.05) is 13.0 Å². The van der Waals surface area contributed by atoms with Crippen LogP contribution in [-0.2, 0) is 43.4 Å². The highest BCUT2D eigenvalue weighted by atomic mass is 16.5. The summed E-state index contributed by atoms with van der Waals surface area (Å²) < 4.78 is 5.90. The summed E-state index contributed by atoms with van der Waals surface area (Å²) in [7, 11) is 0. The van der Waals surface area contributed by atoms with Crippen LogP contribution in [0, 0.1) is 0 Å². The van der Waals surface area contributed by atoms with Crippen LogP contribution in [0.25, 0.3) is 0 Å². The standard InChI is InChI=1S/C37H44N6O7/c38-18-4-8-32-35(47)41-30(21-25-12-16-28(17-13-25)50-23-26-6-2-1-3-7-26)37(49)42-19-5-9-31(42)34(46)40-22-33(45)43(32)36(48)29(39)20-24-10-14-27(44)15-11-24/h1-3,6-7,10-17,29-32,44H,4-5,8-9,18-23,38-39H2,(H,40,46)(H,41,47)/t29-,30-,31+,32+/m0/s1. The molecule has 4 atom stereocenters. The van der Waals surface area contributed by atoms with Crippen LogP contribution in [0.15, 0.2) is 78.9 Å². The molecular formula is C37H44N6O7. The molecule has 0 aromatic heterocycles. The summed E-state index contributed by atoms with van der Waals surface area (Å²) in [6, 6.07) is 18.5. The van der Waals surface area contributed by atoms with E-state index in [9.17, 15) is 29.1 Å². The number of carbonyl (C=O) groups excluding carboxylic acids is 5. The number of phenolic OH excluding ortho intramolecular Hbond substituents is 1. The fourth-order valence-corrected chi connectivity index (χ4v) is 6.33. The Balaban J connectivity index is 1.41. The SMILES string of the molecule is NCCC[C@@H]1C(=O)N[C@@H](Cc2ccc(OCc3ccccc3)cc2)C(=O)N2CCC[C@@H]2C(=O)NCC(=O)N1C(=O)[C@@H](N)Cc1ccc(O)cc1. The van der Waals surface area contributed by atoms with Crippen LogP contribution in [0.1, 0.15) is 42.4 Å². The van der Waals surface area contributed by atoms with Gasteiger partial charge in [0.05, 0.1) is 12.6 Å². The molecule has 264 valence electrons. The Kier molecular flexibility index (Phi) is 12.2. The number of aromatic hydroxyl groups is 1. The Morgan fingerprint density at radius 3 is 2.32 bits per heavy atom. The summed E-state index contributed by atoms with van der Waals surface area (Å²) in [6.07, 6.45) is 1.36. The van der Waals surface area contributed by atoms with Gasteiger partial charge in [-0.2, -0.15) is 0 Å². The van der Waals surface area contributed by atoms with E-state index in [1.165, 1.54) is 17.0 Å². The highest BCUT2D eigenvalue weighted by Gasteiger charge is 2.42. The molecule has 2 heterocycles. The quantitative estimate of drug-likeness (QED) is 0.197. The average molecular weight is 685 g/mol. The van der Waals surface area contributed by atoms with Gasteiger partial charge in [0.25, 0.3) is 0 Å². The van der Waals surface area contributed by atoms with Gasteiger partial charge in [0.15, 0.2) is 0 Å². The first-order valence-corrected chi connectivity index (χ1v) is 16.9. The number of fused-ring (bicyclic) bond motifs is 1. The Hall–Kier alpha value is -5.27. The van der Waals surface area contributed by atoms with E-state index in [-0.39, 0.29) is 38.0 Å². The second-order valence-corrected chi connectivity index (χ2v) is 12.6. The zero-order valence-electron chi connectivity index (χ0n) is 27.8. The number of amides is 5. The minimum atomic E-state index is -1.35. The smallest absolute Gasteiger partial charge is 0.249 e. The Morgan fingerprint density at radius 2 is 1.62 bits per heavy atom. The molecule has 3 aromatic carbocycles. The molecule has 0 radical (unpaired) electrons. The number of phenols is 1. The van der Waals surface area contributed by atoms with Crippen LogP contribution >= 0.6 is 0 Å². The summed E-state index contributed by atoms with van der Waals surface area (Å²) >= 11 is 0. The largest absolute Gasteiger partial charge is 0.508 e. The van der Waals surface area contributed by atoms with Crippen molar-refractivity contribution in [2.45, 2.75) is 69.3 Å². The molecular weight excluding hydrogens is 640 g/mol. The van der Waals surface area contributed by atoms with Gasteiger partial charge >= 0.3 is 0 Å². The Bertz CT molecular complexity index is 1650. The van der Waals surface area contributed by atoms with E-state index in [0.717, 1.165) is 16.0 Å². The lowest BCUT2D eigenvalue weighted by atomic mass is 10.0. The van der Waals surface area contributed by atoms with Gasteiger partial charge in [0.2, 0.25) is 29.5 Å². The number of nitrogens with zero attached hydrogens (tertiary/aromatic N) is 2. The number of carbonyl (C=O) groups is 5. The second kappa shape index (κ2) is 16.9. The summed E-state index contributed by atoms with van der Waals surface area (Å²) in [5.41, 5.74) is 14.5. The minimum Gasteiger partial charge on any atom is -0.508 e. The first kappa shape index (κ1) is 36.0. The van der Waals surface area contributed by atoms with Gasteiger partial charge in [-0.1, -0.05) is 54.6 Å². The Labute approximate surface area is 290 Å². The molecule has 0 bridgehead atoms. The number of nitrogens with two attached hydrogens (primary N) is 2. The molecule has 2 fully saturated rings. The fourth-order valence-electron chi connectivity index (χ4n) is 6.33. The molecule has 13 heteroatoms. The highest BCUT2D eigenvalue weighted by molar-refractivity contribution is 6.05. The van der Waals surface area contributed by atoms with Gasteiger partial charge in [-0.15, -0.1) is 0 Å². The number of ether oxygens (including phenoxy) is 1. The van der Waals surface area contributed by atoms with E-state index < -0.39 is 60.2 Å². The van der Waals surface area contributed by atoms with E-state index in [2.05, 4.69) is 10.6 Å². The molecule has 0 saturated carbocycles. The topological polar surface area (TPSA) is 197 Å². The van der Waals surface area contributed by atoms with Crippen molar-refractivity contribution in [3.8, 4) is 11.5 Å². The number of hydrogen-bond donors (Lipinski definition) is 5. The number of hydrogen-bond acceptors (Lipinski definition) is 9. The van der Waals surface area contributed by atoms with Crippen molar-refractivity contribution in [3.05, 3.63) is 95.6 Å².